The van der Waals surface area contributed by atoms with Gasteiger partial charge in [0.1, 0.15) is 18.5 Å². The van der Waals surface area contributed by atoms with Crippen LogP contribution in [0.3, 0.4) is 0 Å². The largest absolute Gasteiger partial charge is 0.491 e. The summed E-state index contributed by atoms with van der Waals surface area (Å²) in [4.78, 5) is 0. The lowest BCUT2D eigenvalue weighted by atomic mass is 10.0. The molecule has 0 saturated carbocycles. The molecule has 0 aliphatic carbocycles. The van der Waals surface area contributed by atoms with Gasteiger partial charge in [0.2, 0.25) is 0 Å². The molecule has 0 aliphatic heterocycles. The van der Waals surface area contributed by atoms with Crippen LogP contribution in [-0.2, 0) is 0 Å². The Morgan fingerprint density at radius 1 is 1.27 bits per heavy atom. The number of aliphatic hydroxyl groups excluding tert-OH is 2. The van der Waals surface area contributed by atoms with Crippen LogP contribution in [0, 0.1) is 0 Å². The molecule has 1 atom stereocenters. The molecular weight excluding hydrogens is 192 g/mol. The molecule has 0 spiro atoms. The first-order valence-corrected chi connectivity index (χ1v) is 5.15. The molecule has 1 unspecified atom stereocenters. The van der Waals surface area contributed by atoms with Gasteiger partial charge in [-0.3, -0.25) is 0 Å². The van der Waals surface area contributed by atoms with E-state index in [1.165, 1.54) is 0 Å². The van der Waals surface area contributed by atoms with Gasteiger partial charge >= 0.3 is 0 Å². The first-order valence-electron chi connectivity index (χ1n) is 5.15. The smallest absolute Gasteiger partial charge is 0.122 e. The van der Waals surface area contributed by atoms with Crippen molar-refractivity contribution in [2.24, 2.45) is 0 Å². The number of ether oxygens (including phenoxy) is 1. The lowest BCUT2D eigenvalue weighted by molar-refractivity contribution is 0.0532. The molecule has 0 heterocycles. The Labute approximate surface area is 90.3 Å². The third-order valence-corrected chi connectivity index (χ3v) is 2.18. The molecule has 0 aliphatic rings. The summed E-state index contributed by atoms with van der Waals surface area (Å²) in [7, 11) is 0. The third kappa shape index (κ3) is 3.53. The van der Waals surface area contributed by atoms with Crippen LogP contribution in [0.25, 0.3) is 0 Å². The minimum atomic E-state index is -0.815. The Bertz CT molecular complexity index is 297. The summed E-state index contributed by atoms with van der Waals surface area (Å²) >= 11 is 0. The van der Waals surface area contributed by atoms with E-state index in [1.807, 2.05) is 24.3 Å². The maximum atomic E-state index is 9.17. The quantitative estimate of drug-likeness (QED) is 0.775. The van der Waals surface area contributed by atoms with Crippen molar-refractivity contribution in [3.63, 3.8) is 0 Å². The van der Waals surface area contributed by atoms with Crippen molar-refractivity contribution in [1.82, 2.24) is 0 Å². The molecule has 15 heavy (non-hydrogen) atoms. The van der Waals surface area contributed by atoms with E-state index >= 15 is 0 Å². The van der Waals surface area contributed by atoms with Crippen LogP contribution in [-0.4, -0.2) is 29.5 Å². The fraction of sp³-hybridized carbons (Fsp3) is 0.500. The van der Waals surface area contributed by atoms with Gasteiger partial charge in [-0.15, -0.1) is 0 Å². The molecule has 1 aromatic carbocycles. The normalized spacial score (nSPS) is 12.9. The van der Waals surface area contributed by atoms with Gasteiger partial charge in [-0.25, -0.2) is 0 Å². The van der Waals surface area contributed by atoms with E-state index in [2.05, 4.69) is 13.8 Å². The van der Waals surface area contributed by atoms with Gasteiger partial charge in [-0.05, 0) is 17.5 Å². The Hall–Kier alpha value is -1.06. The molecule has 2 N–H and O–H groups in total. The van der Waals surface area contributed by atoms with Crippen molar-refractivity contribution >= 4 is 0 Å². The van der Waals surface area contributed by atoms with Crippen LogP contribution in [0.2, 0.25) is 0 Å². The van der Waals surface area contributed by atoms with Crippen molar-refractivity contribution in [1.29, 1.82) is 0 Å². The topological polar surface area (TPSA) is 49.7 Å². The number of hydrogen-bond acceptors (Lipinski definition) is 3. The highest BCUT2D eigenvalue weighted by Crippen LogP contribution is 2.25. The fourth-order valence-corrected chi connectivity index (χ4v) is 1.33. The summed E-state index contributed by atoms with van der Waals surface area (Å²) in [5, 5.41) is 17.8. The fourth-order valence-electron chi connectivity index (χ4n) is 1.33. The first-order chi connectivity index (χ1) is 7.15. The van der Waals surface area contributed by atoms with Crippen LogP contribution in [0.5, 0.6) is 5.75 Å². The number of benzene rings is 1. The summed E-state index contributed by atoms with van der Waals surface area (Å²) in [5.41, 5.74) is 1.11. The van der Waals surface area contributed by atoms with E-state index in [0.717, 1.165) is 11.3 Å². The second-order valence-corrected chi connectivity index (χ2v) is 3.84. The number of para-hydroxylation sites is 1. The third-order valence-electron chi connectivity index (χ3n) is 2.18. The summed E-state index contributed by atoms with van der Waals surface area (Å²) in [6, 6.07) is 7.74. The maximum Gasteiger partial charge on any atom is 0.122 e. The second-order valence-electron chi connectivity index (χ2n) is 3.84. The van der Waals surface area contributed by atoms with E-state index in [9.17, 15) is 5.11 Å². The highest BCUT2D eigenvalue weighted by Gasteiger charge is 2.08. The Morgan fingerprint density at radius 3 is 2.53 bits per heavy atom. The second kappa shape index (κ2) is 5.73. The summed E-state index contributed by atoms with van der Waals surface area (Å²) in [5.74, 6) is 1.16. The molecule has 0 fully saturated rings. The Balaban J connectivity index is 2.67. The van der Waals surface area contributed by atoms with Crippen molar-refractivity contribution in [3.05, 3.63) is 29.8 Å². The minimum absolute atomic E-state index is 0.125. The number of hydrogen-bond donors (Lipinski definition) is 2. The SMILES string of the molecule is CC(C)c1ccccc1OCC(O)CO. The van der Waals surface area contributed by atoms with E-state index in [4.69, 9.17) is 9.84 Å². The Morgan fingerprint density at radius 2 is 1.93 bits per heavy atom. The summed E-state index contributed by atoms with van der Waals surface area (Å²) in [6.07, 6.45) is -0.815. The van der Waals surface area contributed by atoms with Gasteiger partial charge in [0.15, 0.2) is 0 Å². The van der Waals surface area contributed by atoms with E-state index < -0.39 is 6.10 Å². The van der Waals surface area contributed by atoms with Gasteiger partial charge in [0, 0.05) is 0 Å². The van der Waals surface area contributed by atoms with Gasteiger partial charge in [-0.1, -0.05) is 32.0 Å². The maximum absolute atomic E-state index is 9.17. The minimum Gasteiger partial charge on any atom is -0.491 e. The molecule has 0 amide bonds. The average Bonchev–Trinajstić information content (AvgIpc) is 2.26. The van der Waals surface area contributed by atoms with Crippen LogP contribution in [0.1, 0.15) is 25.3 Å². The summed E-state index contributed by atoms with van der Waals surface area (Å²) < 4.78 is 5.44. The lowest BCUT2D eigenvalue weighted by Crippen LogP contribution is -2.21. The first kappa shape index (κ1) is 12.0. The van der Waals surface area contributed by atoms with Gasteiger partial charge in [0.25, 0.3) is 0 Å². The highest BCUT2D eigenvalue weighted by molar-refractivity contribution is 5.35. The van der Waals surface area contributed by atoms with Crippen molar-refractivity contribution < 1.29 is 14.9 Å². The van der Waals surface area contributed by atoms with E-state index in [0.29, 0.717) is 5.92 Å². The van der Waals surface area contributed by atoms with Gasteiger partial charge in [0.05, 0.1) is 6.61 Å². The molecule has 0 saturated heterocycles. The molecule has 0 aromatic heterocycles. The number of aliphatic hydroxyl groups is 2. The van der Waals surface area contributed by atoms with Crippen LogP contribution >= 0.6 is 0 Å². The molecule has 1 rings (SSSR count). The standard InChI is InChI=1S/C12H18O3/c1-9(2)11-5-3-4-6-12(11)15-8-10(14)7-13/h3-6,9-10,13-14H,7-8H2,1-2H3. The van der Waals surface area contributed by atoms with Gasteiger partial charge < -0.3 is 14.9 Å². The highest BCUT2D eigenvalue weighted by atomic mass is 16.5. The zero-order chi connectivity index (χ0) is 11.3. The predicted octanol–water partition coefficient (Wildman–Crippen LogP) is 1.54. The van der Waals surface area contributed by atoms with Crippen molar-refractivity contribution in [3.8, 4) is 5.75 Å². The molecule has 0 bridgehead atoms. The van der Waals surface area contributed by atoms with Crippen molar-refractivity contribution in [2.45, 2.75) is 25.9 Å². The van der Waals surface area contributed by atoms with Crippen LogP contribution in [0.15, 0.2) is 24.3 Å². The molecular formula is C12H18O3. The molecule has 3 nitrogen and oxygen atoms in total. The van der Waals surface area contributed by atoms with Crippen molar-refractivity contribution in [2.75, 3.05) is 13.2 Å². The van der Waals surface area contributed by atoms with Gasteiger partial charge in [-0.2, -0.15) is 0 Å². The Kier molecular flexibility index (Phi) is 4.59. The van der Waals surface area contributed by atoms with E-state index in [-0.39, 0.29) is 13.2 Å². The van der Waals surface area contributed by atoms with E-state index in [1.54, 1.807) is 0 Å². The molecule has 3 heteroatoms. The monoisotopic (exact) mass is 210 g/mol. The predicted molar refractivity (Wildman–Crippen MR) is 59.1 cm³/mol. The number of rotatable bonds is 5. The van der Waals surface area contributed by atoms with Crippen LogP contribution < -0.4 is 4.74 Å². The molecule has 0 radical (unpaired) electrons. The molecule has 84 valence electrons. The summed E-state index contributed by atoms with van der Waals surface area (Å²) in [6.45, 7) is 4.03. The lowest BCUT2D eigenvalue weighted by Gasteiger charge is -2.15. The average molecular weight is 210 g/mol. The molecule has 1 aromatic rings. The zero-order valence-corrected chi connectivity index (χ0v) is 9.18. The van der Waals surface area contributed by atoms with Crippen LogP contribution in [0.4, 0.5) is 0 Å². The zero-order valence-electron chi connectivity index (χ0n) is 9.18.